The van der Waals surface area contributed by atoms with Crippen LogP contribution in [0.15, 0.2) is 30.4 Å². The number of carbonyl (C=O) groups is 1. The minimum atomic E-state index is -0.415. The van der Waals surface area contributed by atoms with Crippen molar-refractivity contribution in [1.82, 2.24) is 0 Å². The summed E-state index contributed by atoms with van der Waals surface area (Å²) in [6.45, 7) is 10.5. The number of nitrogens with zero attached hydrogens (tertiary/aromatic N) is 1. The number of ether oxygens (including phenoxy) is 1. The summed E-state index contributed by atoms with van der Waals surface area (Å²) in [5, 5.41) is 0. The lowest BCUT2D eigenvalue weighted by Gasteiger charge is -2.35. The van der Waals surface area contributed by atoms with Crippen LogP contribution in [0.25, 0.3) is 0 Å². The van der Waals surface area contributed by atoms with Crippen LogP contribution in [-0.4, -0.2) is 18.6 Å². The Kier molecular flexibility index (Phi) is 5.83. The van der Waals surface area contributed by atoms with Crippen LogP contribution in [0.5, 0.6) is 5.75 Å². The van der Waals surface area contributed by atoms with Gasteiger partial charge >= 0.3 is 0 Å². The van der Waals surface area contributed by atoms with Crippen LogP contribution >= 0.6 is 0 Å². The first-order valence-corrected chi connectivity index (χ1v) is 8.49. The van der Waals surface area contributed by atoms with Gasteiger partial charge in [0.15, 0.2) is 6.10 Å². The normalized spacial score (nSPS) is 18.3. The maximum Gasteiger partial charge on any atom is 0.268 e. The number of rotatable bonds is 7. The molecule has 1 aromatic rings. The number of amides is 1. The quantitative estimate of drug-likeness (QED) is 0.775. The van der Waals surface area contributed by atoms with Crippen molar-refractivity contribution in [3.05, 3.63) is 35.9 Å². The third kappa shape index (κ3) is 3.94. The number of anilines is 1. The van der Waals surface area contributed by atoms with Gasteiger partial charge in [-0.05, 0) is 37.5 Å². The first-order valence-electron chi connectivity index (χ1n) is 8.49. The fourth-order valence-corrected chi connectivity index (χ4v) is 2.85. The highest BCUT2D eigenvalue weighted by Crippen LogP contribution is 2.37. The Bertz CT molecular complexity index is 583. The van der Waals surface area contributed by atoms with E-state index >= 15 is 0 Å². The summed E-state index contributed by atoms with van der Waals surface area (Å²) >= 11 is 0. The number of nitrogens with two attached hydrogens (primary N) is 1. The van der Waals surface area contributed by atoms with E-state index < -0.39 is 6.10 Å². The monoisotopic (exact) mass is 316 g/mol. The average molecular weight is 316 g/mol. The van der Waals surface area contributed by atoms with E-state index in [9.17, 15) is 4.79 Å². The first-order chi connectivity index (χ1) is 11.0. The fraction of sp³-hybridized carbons (Fsp3) is 0.526. The van der Waals surface area contributed by atoms with Crippen LogP contribution in [0.1, 0.15) is 58.1 Å². The molecule has 2 atom stereocenters. The van der Waals surface area contributed by atoms with Crippen LogP contribution in [-0.2, 0) is 4.79 Å². The van der Waals surface area contributed by atoms with Crippen molar-refractivity contribution >= 4 is 11.6 Å². The molecule has 0 saturated carbocycles. The van der Waals surface area contributed by atoms with E-state index in [2.05, 4.69) is 13.5 Å². The van der Waals surface area contributed by atoms with E-state index in [-0.39, 0.29) is 11.9 Å². The van der Waals surface area contributed by atoms with E-state index in [1.807, 2.05) is 32.0 Å². The molecule has 0 spiro atoms. The summed E-state index contributed by atoms with van der Waals surface area (Å²) in [7, 11) is 0. The predicted octanol–water partition coefficient (Wildman–Crippen LogP) is 3.96. The molecule has 1 aliphatic heterocycles. The smallest absolute Gasteiger partial charge is 0.268 e. The number of fused-ring (bicyclic) bond motifs is 1. The molecule has 0 bridgehead atoms. The highest BCUT2D eigenvalue weighted by Gasteiger charge is 2.33. The van der Waals surface area contributed by atoms with Crippen molar-refractivity contribution in [2.45, 2.75) is 58.6 Å². The number of hydrogen-bond acceptors (Lipinski definition) is 3. The molecular weight excluding hydrogens is 288 g/mol. The van der Waals surface area contributed by atoms with Gasteiger partial charge in [0, 0.05) is 12.6 Å². The molecule has 2 rings (SSSR count). The summed E-state index contributed by atoms with van der Waals surface area (Å²) in [6.07, 6.45) is 3.41. The molecule has 4 nitrogen and oxygen atoms in total. The van der Waals surface area contributed by atoms with Crippen LogP contribution in [0, 0.1) is 0 Å². The van der Waals surface area contributed by atoms with Crippen LogP contribution < -0.4 is 15.4 Å². The molecule has 0 aliphatic carbocycles. The first kappa shape index (κ1) is 17.5. The Morgan fingerprint density at radius 3 is 2.78 bits per heavy atom. The lowest BCUT2D eigenvalue weighted by Crippen LogP contribution is -2.46. The highest BCUT2D eigenvalue weighted by atomic mass is 16.5. The van der Waals surface area contributed by atoms with Crippen LogP contribution in [0.4, 0.5) is 5.69 Å². The maximum absolute atomic E-state index is 12.6. The van der Waals surface area contributed by atoms with Gasteiger partial charge in [-0.1, -0.05) is 44.9 Å². The van der Waals surface area contributed by atoms with E-state index in [0.717, 1.165) is 41.8 Å². The van der Waals surface area contributed by atoms with Crippen molar-refractivity contribution < 1.29 is 9.53 Å². The summed E-state index contributed by atoms with van der Waals surface area (Å²) in [5.41, 5.74) is 9.10. The highest BCUT2D eigenvalue weighted by molar-refractivity contribution is 6.00. The molecule has 126 valence electrons. The zero-order valence-electron chi connectivity index (χ0n) is 14.5. The van der Waals surface area contributed by atoms with E-state index in [0.29, 0.717) is 13.0 Å². The van der Waals surface area contributed by atoms with Gasteiger partial charge in [-0.2, -0.15) is 0 Å². The lowest BCUT2D eigenvalue weighted by atomic mass is 10.00. The summed E-state index contributed by atoms with van der Waals surface area (Å²) < 4.78 is 5.86. The Balaban J connectivity index is 2.35. The second kappa shape index (κ2) is 7.64. The van der Waals surface area contributed by atoms with Crippen molar-refractivity contribution in [2.24, 2.45) is 5.73 Å². The molecule has 2 unspecified atom stereocenters. The van der Waals surface area contributed by atoms with Gasteiger partial charge in [-0.3, -0.25) is 4.79 Å². The summed E-state index contributed by atoms with van der Waals surface area (Å²) in [5.74, 6) is 0.756. The second-order valence-electron chi connectivity index (χ2n) is 6.37. The largest absolute Gasteiger partial charge is 0.478 e. The van der Waals surface area contributed by atoms with Crippen molar-refractivity contribution in [1.29, 1.82) is 0 Å². The van der Waals surface area contributed by atoms with E-state index in [1.54, 1.807) is 4.90 Å². The number of unbranched alkanes of at least 4 members (excludes halogenated alkanes) is 1. The molecule has 1 aromatic carbocycles. The molecule has 0 fully saturated rings. The minimum absolute atomic E-state index is 0.00211. The molecule has 0 aromatic heterocycles. The minimum Gasteiger partial charge on any atom is -0.478 e. The van der Waals surface area contributed by atoms with Gasteiger partial charge < -0.3 is 15.4 Å². The van der Waals surface area contributed by atoms with E-state index in [4.69, 9.17) is 10.5 Å². The topological polar surface area (TPSA) is 55.6 Å². The van der Waals surface area contributed by atoms with Crippen molar-refractivity contribution in [2.75, 3.05) is 11.4 Å². The fourth-order valence-electron chi connectivity index (χ4n) is 2.85. The van der Waals surface area contributed by atoms with Gasteiger partial charge in [0.1, 0.15) is 5.75 Å². The number of hydrogen-bond donors (Lipinski definition) is 1. The number of benzene rings is 1. The molecule has 0 saturated heterocycles. The molecular formula is C19H28N2O2. The summed E-state index contributed by atoms with van der Waals surface area (Å²) in [4.78, 5) is 14.4. The van der Waals surface area contributed by atoms with Gasteiger partial charge in [-0.15, -0.1) is 0 Å². The lowest BCUT2D eigenvalue weighted by molar-refractivity contribution is -0.126. The molecule has 23 heavy (non-hydrogen) atoms. The average Bonchev–Trinajstić information content (AvgIpc) is 2.54. The molecule has 0 radical (unpaired) electrons. The second-order valence-corrected chi connectivity index (χ2v) is 6.37. The predicted molar refractivity (Wildman–Crippen MR) is 94.8 cm³/mol. The zero-order chi connectivity index (χ0) is 17.0. The Morgan fingerprint density at radius 2 is 2.17 bits per heavy atom. The zero-order valence-corrected chi connectivity index (χ0v) is 14.5. The van der Waals surface area contributed by atoms with Gasteiger partial charge in [0.05, 0.1) is 5.69 Å². The Labute approximate surface area is 139 Å². The molecule has 1 amide bonds. The third-order valence-electron chi connectivity index (χ3n) is 4.18. The van der Waals surface area contributed by atoms with Crippen LogP contribution in [0.2, 0.25) is 0 Å². The van der Waals surface area contributed by atoms with E-state index in [1.165, 1.54) is 0 Å². The van der Waals surface area contributed by atoms with Gasteiger partial charge in [0.2, 0.25) is 0 Å². The van der Waals surface area contributed by atoms with Crippen molar-refractivity contribution in [3.63, 3.8) is 0 Å². The molecule has 4 heteroatoms. The van der Waals surface area contributed by atoms with Crippen molar-refractivity contribution in [3.8, 4) is 5.75 Å². The third-order valence-corrected chi connectivity index (χ3v) is 4.18. The Morgan fingerprint density at radius 1 is 1.43 bits per heavy atom. The molecule has 1 aliphatic rings. The van der Waals surface area contributed by atoms with Crippen LogP contribution in [0.3, 0.4) is 0 Å². The number of carbonyl (C=O) groups excluding carboxylic acids is 1. The molecule has 2 N–H and O–H groups in total. The standard InChI is InChI=1S/C19H28N2O2/c1-5-7-8-15(20)14-9-10-18-16(11-14)21(12-13(3)4)19(22)17(6-2)23-18/h9-11,15,17H,3,5-8,12,20H2,1-2,4H3. The maximum atomic E-state index is 12.6. The molecule has 1 heterocycles. The SMILES string of the molecule is C=C(C)CN1C(=O)C(CC)Oc2ccc(C(N)CCCC)cc21. The summed E-state index contributed by atoms with van der Waals surface area (Å²) in [6, 6.07) is 5.95. The van der Waals surface area contributed by atoms with Gasteiger partial charge in [0.25, 0.3) is 5.91 Å². The Hall–Kier alpha value is -1.81. The van der Waals surface area contributed by atoms with Gasteiger partial charge in [-0.25, -0.2) is 0 Å².